The molecular formula is C38H21N3OS. The molecule has 5 aromatic carbocycles. The summed E-state index contributed by atoms with van der Waals surface area (Å²) in [4.78, 5) is 5.24. The maximum absolute atomic E-state index is 6.52. The second-order valence-corrected chi connectivity index (χ2v) is 12.6. The molecule has 4 aromatic heterocycles. The van der Waals surface area contributed by atoms with E-state index in [1.807, 2.05) is 17.4 Å². The summed E-state index contributed by atoms with van der Waals surface area (Å²) < 4.78 is 11.5. The van der Waals surface area contributed by atoms with E-state index in [4.69, 9.17) is 9.41 Å². The van der Waals surface area contributed by atoms with Crippen LogP contribution in [0, 0.1) is 0 Å². The van der Waals surface area contributed by atoms with Crippen molar-refractivity contribution in [2.45, 2.75) is 6.04 Å². The summed E-state index contributed by atoms with van der Waals surface area (Å²) in [6.45, 7) is 0. The number of allylic oxidation sites excluding steroid dienone is 2. The lowest BCUT2D eigenvalue weighted by molar-refractivity contribution is 0.669. The summed E-state index contributed by atoms with van der Waals surface area (Å²) in [5, 5.41) is 12.3. The molecular weight excluding hydrogens is 547 g/mol. The quantitative estimate of drug-likeness (QED) is 0.214. The van der Waals surface area contributed by atoms with Crippen molar-refractivity contribution in [1.82, 2.24) is 4.40 Å². The fraction of sp³-hybridized carbons (Fsp3) is 0.0263. The van der Waals surface area contributed by atoms with Crippen LogP contribution in [0.15, 0.2) is 125 Å². The molecule has 0 fully saturated rings. The normalized spacial score (nSPS) is 16.3. The maximum Gasteiger partial charge on any atom is 0.162 e. The lowest BCUT2D eigenvalue weighted by Gasteiger charge is -2.23. The lowest BCUT2D eigenvalue weighted by atomic mass is 9.98. The monoisotopic (exact) mass is 567 g/mol. The Balaban J connectivity index is 1.30. The summed E-state index contributed by atoms with van der Waals surface area (Å²) in [5.41, 5.74) is 8.76. The molecule has 0 saturated carbocycles. The molecule has 1 N–H and O–H groups in total. The minimum absolute atomic E-state index is 0.0643. The van der Waals surface area contributed by atoms with Crippen molar-refractivity contribution in [2.24, 2.45) is 4.99 Å². The molecule has 9 aromatic rings. The number of aromatic nitrogens is 1. The second-order valence-electron chi connectivity index (χ2n) is 11.6. The molecule has 5 heterocycles. The number of nitrogens with zero attached hydrogens (tertiary/aromatic N) is 2. The van der Waals surface area contributed by atoms with Gasteiger partial charge in [-0.25, -0.2) is 4.99 Å². The number of hydrogen-bond acceptors (Lipinski definition) is 4. The Bertz CT molecular complexity index is 2770. The van der Waals surface area contributed by atoms with E-state index in [0.29, 0.717) is 0 Å². The van der Waals surface area contributed by atoms with Crippen molar-refractivity contribution in [1.29, 1.82) is 0 Å². The number of para-hydroxylation sites is 1. The van der Waals surface area contributed by atoms with Crippen LogP contribution in [0.25, 0.3) is 80.4 Å². The summed E-state index contributed by atoms with van der Waals surface area (Å²) in [6.07, 6.45) is 8.43. The van der Waals surface area contributed by atoms with Crippen LogP contribution in [0.2, 0.25) is 0 Å². The molecule has 11 rings (SSSR count). The van der Waals surface area contributed by atoms with E-state index in [1.165, 1.54) is 53.0 Å². The molecule has 0 radical (unpaired) electrons. The van der Waals surface area contributed by atoms with Crippen LogP contribution in [-0.2, 0) is 0 Å². The zero-order valence-corrected chi connectivity index (χ0v) is 23.6. The number of furan rings is 1. The van der Waals surface area contributed by atoms with Crippen molar-refractivity contribution < 1.29 is 4.42 Å². The van der Waals surface area contributed by atoms with Crippen LogP contribution >= 0.6 is 11.3 Å². The van der Waals surface area contributed by atoms with Crippen LogP contribution in [0.5, 0.6) is 0 Å². The topological polar surface area (TPSA) is 41.9 Å². The molecule has 5 heteroatoms. The Hall–Kier alpha value is -5.39. The SMILES string of the molecule is C1=CC2=Nc3c(c4cc5oc6ccccc6c5c5c6cc(-c7cccc8c7sc7ccccc78)ccc6n3c45)NC2C=C1. The van der Waals surface area contributed by atoms with Gasteiger partial charge in [-0.1, -0.05) is 78.9 Å². The number of rotatable bonds is 1. The first-order valence-corrected chi connectivity index (χ1v) is 15.4. The zero-order valence-electron chi connectivity index (χ0n) is 22.8. The summed E-state index contributed by atoms with van der Waals surface area (Å²) in [5.74, 6) is 0.956. The number of anilines is 1. The highest BCUT2D eigenvalue weighted by atomic mass is 32.1. The van der Waals surface area contributed by atoms with Gasteiger partial charge >= 0.3 is 0 Å². The van der Waals surface area contributed by atoms with E-state index in [9.17, 15) is 0 Å². The molecule has 1 unspecified atom stereocenters. The van der Waals surface area contributed by atoms with Gasteiger partial charge in [0.05, 0.1) is 28.5 Å². The Kier molecular flexibility index (Phi) is 3.99. The third-order valence-corrected chi connectivity index (χ3v) is 10.5. The van der Waals surface area contributed by atoms with Gasteiger partial charge in [0.1, 0.15) is 11.2 Å². The molecule has 0 bridgehead atoms. The summed E-state index contributed by atoms with van der Waals surface area (Å²) in [6, 6.07) is 33.0. The highest BCUT2D eigenvalue weighted by Crippen LogP contribution is 2.51. The average molecular weight is 568 g/mol. The van der Waals surface area contributed by atoms with Gasteiger partial charge in [0.2, 0.25) is 0 Å². The lowest BCUT2D eigenvalue weighted by Crippen LogP contribution is -2.29. The Morgan fingerprint density at radius 1 is 0.744 bits per heavy atom. The number of benzene rings is 5. The van der Waals surface area contributed by atoms with Crippen molar-refractivity contribution in [3.63, 3.8) is 0 Å². The Morgan fingerprint density at radius 2 is 1.63 bits per heavy atom. The predicted octanol–water partition coefficient (Wildman–Crippen LogP) is 10.6. The molecule has 4 nitrogen and oxygen atoms in total. The van der Waals surface area contributed by atoms with E-state index in [1.54, 1.807) is 0 Å². The van der Waals surface area contributed by atoms with Crippen molar-refractivity contribution >= 4 is 97.9 Å². The highest BCUT2D eigenvalue weighted by Gasteiger charge is 2.30. The van der Waals surface area contributed by atoms with Gasteiger partial charge in [0.15, 0.2) is 5.82 Å². The Labute approximate surface area is 248 Å². The standard InChI is InChI=1S/C38H21N3OS/c1-5-14-30-24(9-1)33-31(42-30)19-26-35-38(40-28-13-4-3-12-27(28)39-35)41-29-17-16-20(18-25(29)34(33)36(26)41)21-10-7-11-23-22-8-2-6-15-32(22)43-37(21)23/h1-19,27,39H. The van der Waals surface area contributed by atoms with E-state index in [0.717, 1.165) is 44.7 Å². The molecule has 1 atom stereocenters. The predicted molar refractivity (Wildman–Crippen MR) is 182 cm³/mol. The third-order valence-electron chi connectivity index (χ3n) is 9.33. The van der Waals surface area contributed by atoms with Crippen LogP contribution in [0.1, 0.15) is 0 Å². The zero-order chi connectivity index (χ0) is 27.8. The first kappa shape index (κ1) is 22.2. The number of hydrogen-bond donors (Lipinski definition) is 1. The first-order valence-electron chi connectivity index (χ1n) is 14.6. The van der Waals surface area contributed by atoms with Gasteiger partial charge in [0, 0.05) is 47.1 Å². The summed E-state index contributed by atoms with van der Waals surface area (Å²) >= 11 is 1.88. The number of nitrogens with one attached hydrogen (secondary N) is 1. The van der Waals surface area contributed by atoms with Gasteiger partial charge in [-0.2, -0.15) is 0 Å². The number of aliphatic imine (C=N–C) groups is 1. The van der Waals surface area contributed by atoms with E-state index < -0.39 is 0 Å². The number of fused-ring (bicyclic) bond motifs is 14. The smallest absolute Gasteiger partial charge is 0.162 e. The van der Waals surface area contributed by atoms with Crippen molar-refractivity contribution in [3.8, 4) is 11.1 Å². The molecule has 0 saturated heterocycles. The fourth-order valence-corrected chi connectivity index (χ4v) is 8.73. The molecule has 0 amide bonds. The average Bonchev–Trinajstić information content (AvgIpc) is 3.79. The van der Waals surface area contributed by atoms with Crippen molar-refractivity contribution in [2.75, 3.05) is 5.32 Å². The largest absolute Gasteiger partial charge is 0.456 e. The van der Waals surface area contributed by atoms with Crippen LogP contribution in [0.4, 0.5) is 11.5 Å². The minimum Gasteiger partial charge on any atom is -0.456 e. The van der Waals surface area contributed by atoms with Gasteiger partial charge in [-0.05, 0) is 47.5 Å². The Morgan fingerprint density at radius 3 is 2.60 bits per heavy atom. The van der Waals surface area contributed by atoms with E-state index in [2.05, 4.69) is 119 Å². The molecule has 1 aliphatic heterocycles. The van der Waals surface area contributed by atoms with Crippen molar-refractivity contribution in [3.05, 3.63) is 115 Å². The molecule has 43 heavy (non-hydrogen) atoms. The van der Waals surface area contributed by atoms with Gasteiger partial charge in [-0.3, -0.25) is 4.40 Å². The molecule has 2 aliphatic rings. The van der Waals surface area contributed by atoms with Gasteiger partial charge in [-0.15, -0.1) is 11.3 Å². The van der Waals surface area contributed by atoms with Gasteiger partial charge < -0.3 is 9.73 Å². The summed E-state index contributed by atoms with van der Waals surface area (Å²) in [7, 11) is 0. The molecule has 1 aliphatic carbocycles. The number of thiophene rings is 1. The molecule has 0 spiro atoms. The minimum atomic E-state index is 0.0643. The maximum atomic E-state index is 6.52. The van der Waals surface area contributed by atoms with Crippen LogP contribution in [0.3, 0.4) is 0 Å². The second kappa shape index (κ2) is 7.71. The van der Waals surface area contributed by atoms with Gasteiger partial charge in [0.25, 0.3) is 0 Å². The van der Waals surface area contributed by atoms with E-state index in [-0.39, 0.29) is 6.04 Å². The third kappa shape index (κ3) is 2.74. The molecule has 200 valence electrons. The highest BCUT2D eigenvalue weighted by molar-refractivity contribution is 7.26. The van der Waals surface area contributed by atoms with E-state index >= 15 is 0 Å². The first-order chi connectivity index (χ1) is 21.3. The van der Waals surface area contributed by atoms with Crippen LogP contribution < -0.4 is 5.32 Å². The van der Waals surface area contributed by atoms with Crippen LogP contribution in [-0.4, -0.2) is 16.2 Å². The fourth-order valence-electron chi connectivity index (χ4n) is 7.49.